The van der Waals surface area contributed by atoms with E-state index in [2.05, 4.69) is 19.1 Å². The molecule has 9 heteroatoms. The van der Waals surface area contributed by atoms with Crippen LogP contribution in [0.3, 0.4) is 0 Å². The van der Waals surface area contributed by atoms with Gasteiger partial charge >= 0.3 is 11.4 Å². The van der Waals surface area contributed by atoms with Gasteiger partial charge in [-0.15, -0.1) is 0 Å². The van der Waals surface area contributed by atoms with Crippen LogP contribution < -0.4 is 16.1 Å². The molecule has 8 nitrogen and oxygen atoms in total. The Morgan fingerprint density at radius 1 is 1.04 bits per heavy atom. The molecule has 4 aromatic rings. The van der Waals surface area contributed by atoms with E-state index in [-0.39, 0.29) is 15.8 Å². The van der Waals surface area contributed by atoms with Crippen LogP contribution in [0.2, 0.25) is 0 Å². The molecule has 2 heterocycles. The van der Waals surface area contributed by atoms with Gasteiger partial charge in [-0.25, -0.2) is 18.0 Å². The molecule has 0 aliphatic rings. The lowest BCUT2D eigenvalue weighted by atomic mass is 10.2. The number of nitrogens with zero attached hydrogens (tertiary/aromatic N) is 1. The fourth-order valence-corrected chi connectivity index (χ4v) is 3.73. The number of rotatable bonds is 3. The van der Waals surface area contributed by atoms with Gasteiger partial charge in [0, 0.05) is 11.6 Å². The van der Waals surface area contributed by atoms with Crippen LogP contribution in [0, 0.1) is 0 Å². The summed E-state index contributed by atoms with van der Waals surface area (Å²) < 4.78 is 32.4. The molecular weight excluding hydrogens is 358 g/mol. The average molecular weight is 369 g/mol. The molecule has 0 spiro atoms. The third-order valence-electron chi connectivity index (χ3n) is 3.82. The Hall–Kier alpha value is -3.46. The van der Waals surface area contributed by atoms with Gasteiger partial charge in [0.25, 0.3) is 10.0 Å². The van der Waals surface area contributed by atoms with Gasteiger partial charge in [-0.2, -0.15) is 0 Å². The summed E-state index contributed by atoms with van der Waals surface area (Å²) in [5, 5.41) is 0.743. The minimum atomic E-state index is -3.99. The summed E-state index contributed by atoms with van der Waals surface area (Å²) in [5.74, 6) is -0.905. The molecule has 0 saturated heterocycles. The lowest BCUT2D eigenvalue weighted by molar-refractivity contribution is 0.460. The van der Waals surface area contributed by atoms with Crippen LogP contribution in [0.15, 0.2) is 73.6 Å². The fourth-order valence-electron chi connectivity index (χ4n) is 2.63. The predicted molar refractivity (Wildman–Crippen MR) is 95.7 cm³/mol. The minimum Gasteiger partial charge on any atom is -0.372 e. The highest BCUT2D eigenvalue weighted by molar-refractivity contribution is 7.92. The van der Waals surface area contributed by atoms with E-state index in [0.29, 0.717) is 11.2 Å². The summed E-state index contributed by atoms with van der Waals surface area (Å²) in [6, 6.07) is 12.5. The van der Waals surface area contributed by atoms with Gasteiger partial charge in [0.15, 0.2) is 0 Å². The third-order valence-corrected chi connectivity index (χ3v) is 5.18. The molecule has 130 valence electrons. The van der Waals surface area contributed by atoms with Crippen molar-refractivity contribution in [2.45, 2.75) is 4.90 Å². The van der Waals surface area contributed by atoms with Gasteiger partial charge in [-0.3, -0.25) is 14.7 Å². The van der Waals surface area contributed by atoms with E-state index in [4.69, 9.17) is 0 Å². The molecule has 0 amide bonds. The van der Waals surface area contributed by atoms with Crippen molar-refractivity contribution in [3.63, 3.8) is 0 Å². The van der Waals surface area contributed by atoms with Gasteiger partial charge in [0.05, 0.1) is 27.0 Å². The first-order valence-corrected chi connectivity index (χ1v) is 8.96. The van der Waals surface area contributed by atoms with E-state index in [1.807, 2.05) is 12.1 Å². The molecule has 2 aromatic heterocycles. The van der Waals surface area contributed by atoms with Crippen LogP contribution >= 0.6 is 0 Å². The number of para-hydroxylation sites is 1. The number of aromatic amines is 1. The maximum atomic E-state index is 12.7. The molecule has 0 radical (unpaired) electrons. The summed E-state index contributed by atoms with van der Waals surface area (Å²) in [7, 11) is -3.99. The van der Waals surface area contributed by atoms with Gasteiger partial charge < -0.3 is 4.42 Å². The van der Waals surface area contributed by atoms with Crippen molar-refractivity contribution >= 4 is 37.5 Å². The summed E-state index contributed by atoms with van der Waals surface area (Å²) in [5.41, 5.74) is 0.101. The molecule has 2 N–H and O–H groups in total. The largest absolute Gasteiger partial charge is 0.419 e. The van der Waals surface area contributed by atoms with Crippen molar-refractivity contribution < 1.29 is 12.8 Å². The van der Waals surface area contributed by atoms with Gasteiger partial charge in [-0.1, -0.05) is 18.2 Å². The first-order chi connectivity index (χ1) is 12.4. The molecular formula is C17H11N3O5S. The molecule has 4 rings (SSSR count). The molecule has 0 unspecified atom stereocenters. The third kappa shape index (κ3) is 2.74. The lowest BCUT2D eigenvalue weighted by Crippen LogP contribution is -2.17. The molecule has 0 atom stereocenters. The summed E-state index contributed by atoms with van der Waals surface area (Å²) in [4.78, 5) is 29.4. The van der Waals surface area contributed by atoms with Crippen molar-refractivity contribution in [1.82, 2.24) is 9.97 Å². The molecule has 0 bridgehead atoms. The number of nitrogens with one attached hydrogen (secondary N) is 2. The van der Waals surface area contributed by atoms with E-state index in [1.54, 1.807) is 24.4 Å². The standard InChI is InChI=1S/C17H11N3O5S/c21-16-12-9-11(6-7-13(12)19-17(22)25-16)26(23,24)20-14-5-1-3-10-4-2-8-18-15(10)14/h1-9,20H,(H,19,22). The Balaban J connectivity index is 1.83. The normalized spacial score (nSPS) is 11.7. The SMILES string of the molecule is O=c1[nH]c2ccc(S(=O)(=O)Nc3cccc4cccnc34)cc2c(=O)o1. The molecule has 0 aliphatic heterocycles. The number of fused-ring (bicyclic) bond motifs is 2. The predicted octanol–water partition coefficient (Wildman–Crippen LogP) is 1.83. The smallest absolute Gasteiger partial charge is 0.372 e. The van der Waals surface area contributed by atoms with Crippen molar-refractivity contribution in [2.24, 2.45) is 0 Å². The Labute approximate surface area is 146 Å². The summed E-state index contributed by atoms with van der Waals surface area (Å²) in [6.45, 7) is 0. The maximum absolute atomic E-state index is 12.7. The Morgan fingerprint density at radius 3 is 2.69 bits per heavy atom. The molecule has 2 aromatic carbocycles. The molecule has 0 fully saturated rings. The summed E-state index contributed by atoms with van der Waals surface area (Å²) >= 11 is 0. The topological polar surface area (TPSA) is 122 Å². The van der Waals surface area contributed by atoms with Crippen LogP contribution in [0.25, 0.3) is 21.8 Å². The Kier molecular flexibility index (Phi) is 3.58. The van der Waals surface area contributed by atoms with Crippen molar-refractivity contribution in [3.05, 3.63) is 75.7 Å². The highest BCUT2D eigenvalue weighted by atomic mass is 32.2. The van der Waals surface area contributed by atoms with Crippen LogP contribution in [0.1, 0.15) is 0 Å². The highest BCUT2D eigenvalue weighted by Gasteiger charge is 2.17. The van der Waals surface area contributed by atoms with E-state index in [0.717, 1.165) is 11.5 Å². The zero-order valence-corrected chi connectivity index (χ0v) is 13.9. The fraction of sp³-hybridized carbons (Fsp3) is 0. The van der Waals surface area contributed by atoms with Gasteiger partial charge in [-0.05, 0) is 30.3 Å². The van der Waals surface area contributed by atoms with Crippen LogP contribution in [-0.4, -0.2) is 18.4 Å². The minimum absolute atomic E-state index is 0.0384. The first kappa shape index (κ1) is 16.0. The zero-order valence-electron chi connectivity index (χ0n) is 13.1. The molecule has 0 aliphatic carbocycles. The van der Waals surface area contributed by atoms with E-state index >= 15 is 0 Å². The average Bonchev–Trinajstić information content (AvgIpc) is 2.61. The number of anilines is 1. The Bertz CT molecular complexity index is 1370. The van der Waals surface area contributed by atoms with Crippen LogP contribution in [0.4, 0.5) is 5.69 Å². The van der Waals surface area contributed by atoms with Crippen LogP contribution in [-0.2, 0) is 10.0 Å². The number of pyridine rings is 1. The second-order valence-electron chi connectivity index (χ2n) is 5.50. The van der Waals surface area contributed by atoms with Crippen LogP contribution in [0.5, 0.6) is 0 Å². The number of sulfonamides is 1. The molecule has 0 saturated carbocycles. The molecule has 26 heavy (non-hydrogen) atoms. The number of aromatic nitrogens is 2. The van der Waals surface area contributed by atoms with Crippen molar-refractivity contribution in [2.75, 3.05) is 4.72 Å². The van der Waals surface area contributed by atoms with E-state index in [9.17, 15) is 18.0 Å². The second-order valence-corrected chi connectivity index (χ2v) is 7.18. The number of H-pyrrole nitrogens is 1. The van der Waals surface area contributed by atoms with Gasteiger partial charge in [0.1, 0.15) is 0 Å². The highest BCUT2D eigenvalue weighted by Crippen LogP contribution is 2.24. The maximum Gasteiger partial charge on any atom is 0.419 e. The van der Waals surface area contributed by atoms with Crippen molar-refractivity contribution in [1.29, 1.82) is 0 Å². The Morgan fingerprint density at radius 2 is 1.85 bits per heavy atom. The number of hydrogen-bond donors (Lipinski definition) is 2. The summed E-state index contributed by atoms with van der Waals surface area (Å²) in [6.07, 6.45) is 1.57. The van der Waals surface area contributed by atoms with E-state index in [1.165, 1.54) is 12.1 Å². The lowest BCUT2D eigenvalue weighted by Gasteiger charge is -2.10. The van der Waals surface area contributed by atoms with Gasteiger partial charge in [0.2, 0.25) is 0 Å². The quantitative estimate of drug-likeness (QED) is 0.568. The first-order valence-electron chi connectivity index (χ1n) is 7.48. The monoisotopic (exact) mass is 369 g/mol. The van der Waals surface area contributed by atoms with Crippen molar-refractivity contribution in [3.8, 4) is 0 Å². The van der Waals surface area contributed by atoms with E-state index < -0.39 is 21.4 Å². The number of benzene rings is 2. The zero-order chi connectivity index (χ0) is 18.3. The second kappa shape index (κ2) is 5.81. The number of hydrogen-bond acceptors (Lipinski definition) is 6.